The fraction of sp³-hybridized carbons (Fsp3) is 0.692. The second-order valence-electron chi connectivity index (χ2n) is 5.48. The molecule has 1 unspecified atom stereocenters. The highest BCUT2D eigenvalue weighted by Crippen LogP contribution is 2.34. The highest BCUT2D eigenvalue weighted by Gasteiger charge is 2.29. The molecule has 5 heteroatoms. The molecule has 0 bridgehead atoms. The molecule has 0 aliphatic heterocycles. The van der Waals surface area contributed by atoms with E-state index in [1.165, 1.54) is 0 Å². The van der Waals surface area contributed by atoms with Gasteiger partial charge < -0.3 is 10.2 Å². The standard InChI is InChI=1S/C13H24N4O/c1-7-9-8(2)11(17-14)16-12(15-9)10(18-6)13(3,4)5/h10H,7,14H2,1-6H3,(H,15,16,17). The number of hydrogen-bond acceptors (Lipinski definition) is 5. The molecule has 0 saturated heterocycles. The SMILES string of the molecule is CCc1nc(C(OC)C(C)(C)C)nc(NN)c1C. The number of hydrogen-bond donors (Lipinski definition) is 2. The Kier molecular flexibility index (Phi) is 4.65. The van der Waals surface area contributed by atoms with Gasteiger partial charge in [0.1, 0.15) is 11.9 Å². The van der Waals surface area contributed by atoms with Gasteiger partial charge in [-0.2, -0.15) is 0 Å². The van der Waals surface area contributed by atoms with Crippen molar-refractivity contribution in [2.24, 2.45) is 11.3 Å². The Bertz CT molecular complexity index is 387. The van der Waals surface area contributed by atoms with Crippen molar-refractivity contribution in [2.45, 2.75) is 47.1 Å². The molecule has 0 aliphatic rings. The first-order valence-electron chi connectivity index (χ1n) is 6.22. The van der Waals surface area contributed by atoms with Crippen LogP contribution in [-0.4, -0.2) is 17.1 Å². The molecule has 102 valence electrons. The number of methoxy groups -OCH3 is 1. The normalized spacial score (nSPS) is 13.5. The zero-order valence-corrected chi connectivity index (χ0v) is 12.2. The molecule has 1 aromatic rings. The summed E-state index contributed by atoms with van der Waals surface area (Å²) < 4.78 is 5.55. The van der Waals surface area contributed by atoms with Crippen LogP contribution in [0.15, 0.2) is 0 Å². The summed E-state index contributed by atoms with van der Waals surface area (Å²) in [5.74, 6) is 6.86. The van der Waals surface area contributed by atoms with E-state index in [0.29, 0.717) is 11.6 Å². The van der Waals surface area contributed by atoms with Crippen LogP contribution >= 0.6 is 0 Å². The predicted octanol–water partition coefficient (Wildman–Crippen LogP) is 2.37. The van der Waals surface area contributed by atoms with Crippen LogP contribution in [0, 0.1) is 12.3 Å². The molecule has 1 rings (SSSR count). The fourth-order valence-electron chi connectivity index (χ4n) is 2.03. The highest BCUT2D eigenvalue weighted by molar-refractivity contribution is 5.45. The largest absolute Gasteiger partial charge is 0.373 e. The van der Waals surface area contributed by atoms with Gasteiger partial charge in [-0.3, -0.25) is 0 Å². The highest BCUT2D eigenvalue weighted by atomic mass is 16.5. The monoisotopic (exact) mass is 252 g/mol. The lowest BCUT2D eigenvalue weighted by molar-refractivity contribution is 0.00859. The summed E-state index contributed by atoms with van der Waals surface area (Å²) in [5.41, 5.74) is 4.56. The van der Waals surface area contributed by atoms with Gasteiger partial charge in [0.15, 0.2) is 5.82 Å². The Morgan fingerprint density at radius 2 is 1.94 bits per heavy atom. The van der Waals surface area contributed by atoms with E-state index in [1.54, 1.807) is 7.11 Å². The van der Waals surface area contributed by atoms with Crippen LogP contribution in [0.3, 0.4) is 0 Å². The number of nitrogen functional groups attached to an aromatic ring is 1. The van der Waals surface area contributed by atoms with Crippen molar-refractivity contribution in [3.8, 4) is 0 Å². The summed E-state index contributed by atoms with van der Waals surface area (Å²) in [6.45, 7) is 10.3. The number of nitrogens with zero attached hydrogens (tertiary/aromatic N) is 2. The van der Waals surface area contributed by atoms with Gasteiger partial charge in [-0.25, -0.2) is 15.8 Å². The number of nitrogens with one attached hydrogen (secondary N) is 1. The lowest BCUT2D eigenvalue weighted by atomic mass is 9.88. The van der Waals surface area contributed by atoms with Crippen molar-refractivity contribution in [1.29, 1.82) is 0 Å². The van der Waals surface area contributed by atoms with Gasteiger partial charge in [0.05, 0.1) is 0 Å². The summed E-state index contributed by atoms with van der Waals surface area (Å²) in [6.07, 6.45) is 0.687. The topological polar surface area (TPSA) is 73.1 Å². The molecule has 0 fully saturated rings. The van der Waals surface area contributed by atoms with E-state index in [2.05, 4.69) is 43.1 Å². The van der Waals surface area contributed by atoms with Crippen molar-refractivity contribution >= 4 is 5.82 Å². The third kappa shape index (κ3) is 2.97. The molecule has 0 aliphatic carbocycles. The van der Waals surface area contributed by atoms with E-state index in [-0.39, 0.29) is 11.5 Å². The van der Waals surface area contributed by atoms with Crippen molar-refractivity contribution in [3.05, 3.63) is 17.1 Å². The van der Waals surface area contributed by atoms with Gasteiger partial charge >= 0.3 is 0 Å². The first kappa shape index (κ1) is 14.9. The maximum Gasteiger partial charge on any atom is 0.160 e. The summed E-state index contributed by atoms with van der Waals surface area (Å²) in [7, 11) is 1.68. The Balaban J connectivity index is 3.32. The van der Waals surface area contributed by atoms with Crippen LogP contribution < -0.4 is 11.3 Å². The van der Waals surface area contributed by atoms with Crippen LogP contribution in [0.2, 0.25) is 0 Å². The fourth-order valence-corrected chi connectivity index (χ4v) is 2.03. The molecule has 1 heterocycles. The Labute approximate surface area is 109 Å². The minimum atomic E-state index is -0.157. The van der Waals surface area contributed by atoms with Crippen molar-refractivity contribution in [1.82, 2.24) is 9.97 Å². The molecular formula is C13H24N4O. The number of aromatic nitrogens is 2. The molecule has 0 spiro atoms. The maximum atomic E-state index is 5.55. The van der Waals surface area contributed by atoms with Gasteiger partial charge in [-0.1, -0.05) is 27.7 Å². The number of hydrazine groups is 1. The van der Waals surface area contributed by atoms with E-state index < -0.39 is 0 Å². The third-order valence-electron chi connectivity index (χ3n) is 2.99. The molecule has 0 amide bonds. The molecule has 1 aromatic heterocycles. The van der Waals surface area contributed by atoms with Crippen LogP contribution in [0.4, 0.5) is 5.82 Å². The quantitative estimate of drug-likeness (QED) is 0.635. The number of ether oxygens (including phenoxy) is 1. The summed E-state index contributed by atoms with van der Waals surface area (Å²) >= 11 is 0. The predicted molar refractivity (Wildman–Crippen MR) is 73.2 cm³/mol. The Morgan fingerprint density at radius 1 is 1.33 bits per heavy atom. The summed E-state index contributed by atoms with van der Waals surface area (Å²) in [6, 6.07) is 0. The van der Waals surface area contributed by atoms with Gasteiger partial charge in [0, 0.05) is 18.4 Å². The lowest BCUT2D eigenvalue weighted by Crippen LogP contribution is -2.24. The second-order valence-corrected chi connectivity index (χ2v) is 5.48. The van der Waals surface area contributed by atoms with Gasteiger partial charge in [-0.05, 0) is 18.8 Å². The second kappa shape index (κ2) is 5.63. The zero-order chi connectivity index (χ0) is 13.9. The Hall–Kier alpha value is -1.20. The third-order valence-corrected chi connectivity index (χ3v) is 2.99. The lowest BCUT2D eigenvalue weighted by Gasteiger charge is -2.28. The van der Waals surface area contributed by atoms with Crippen molar-refractivity contribution in [2.75, 3.05) is 12.5 Å². The van der Waals surface area contributed by atoms with Crippen LogP contribution in [0.25, 0.3) is 0 Å². The minimum absolute atomic E-state index is 0.0686. The molecule has 0 saturated carbocycles. The average molecular weight is 252 g/mol. The molecule has 1 atom stereocenters. The van der Waals surface area contributed by atoms with E-state index in [1.807, 2.05) is 6.92 Å². The van der Waals surface area contributed by atoms with Crippen LogP contribution in [0.5, 0.6) is 0 Å². The number of anilines is 1. The number of nitrogens with two attached hydrogens (primary N) is 1. The van der Waals surface area contributed by atoms with E-state index in [9.17, 15) is 0 Å². The van der Waals surface area contributed by atoms with Gasteiger partial charge in [-0.15, -0.1) is 0 Å². The van der Waals surface area contributed by atoms with Crippen LogP contribution in [-0.2, 0) is 11.2 Å². The van der Waals surface area contributed by atoms with Gasteiger partial charge in [0.2, 0.25) is 0 Å². The molecule has 0 radical (unpaired) electrons. The molecule has 0 aromatic carbocycles. The van der Waals surface area contributed by atoms with Gasteiger partial charge in [0.25, 0.3) is 0 Å². The molecule has 5 nitrogen and oxygen atoms in total. The smallest absolute Gasteiger partial charge is 0.160 e. The maximum absolute atomic E-state index is 5.55. The van der Waals surface area contributed by atoms with E-state index in [4.69, 9.17) is 10.6 Å². The number of aryl methyl sites for hydroxylation is 1. The first-order chi connectivity index (χ1) is 8.35. The molecule has 18 heavy (non-hydrogen) atoms. The minimum Gasteiger partial charge on any atom is -0.373 e. The van der Waals surface area contributed by atoms with E-state index >= 15 is 0 Å². The first-order valence-corrected chi connectivity index (χ1v) is 6.22. The molecular weight excluding hydrogens is 228 g/mol. The average Bonchev–Trinajstić information content (AvgIpc) is 2.29. The van der Waals surface area contributed by atoms with Crippen molar-refractivity contribution < 1.29 is 4.74 Å². The van der Waals surface area contributed by atoms with Crippen molar-refractivity contribution in [3.63, 3.8) is 0 Å². The summed E-state index contributed by atoms with van der Waals surface area (Å²) in [4.78, 5) is 9.07. The summed E-state index contributed by atoms with van der Waals surface area (Å²) in [5, 5.41) is 0. The van der Waals surface area contributed by atoms with E-state index in [0.717, 1.165) is 17.7 Å². The van der Waals surface area contributed by atoms with Crippen LogP contribution in [0.1, 0.15) is 50.9 Å². The number of rotatable bonds is 4. The molecule has 3 N–H and O–H groups in total. The zero-order valence-electron chi connectivity index (χ0n) is 12.2. The Morgan fingerprint density at radius 3 is 2.33 bits per heavy atom.